The van der Waals surface area contributed by atoms with Gasteiger partial charge in [0.25, 0.3) is 5.91 Å². The molecule has 1 heterocycles. The van der Waals surface area contributed by atoms with Gasteiger partial charge in [-0.25, -0.2) is 4.79 Å². The van der Waals surface area contributed by atoms with Gasteiger partial charge in [0.2, 0.25) is 0 Å². The smallest absolute Gasteiger partial charge is 0.331 e. The maximum Gasteiger partial charge on any atom is 0.331 e. The number of para-hydroxylation sites is 2. The van der Waals surface area contributed by atoms with E-state index < -0.39 is 12.1 Å². The molecule has 1 N–H and O–H groups in total. The molecule has 0 fully saturated rings. The number of carboxylic acids is 1. The van der Waals surface area contributed by atoms with E-state index in [-0.39, 0.29) is 12.5 Å². The number of amides is 1. The minimum atomic E-state index is -0.949. The monoisotopic (exact) mass is 275 g/mol. The SMILES string of the molecule is CCC(=CCN1C(=O)C(C)Oc2ccccc21)C(=O)O. The summed E-state index contributed by atoms with van der Waals surface area (Å²) in [5.41, 5.74) is 0.974. The number of nitrogens with zero attached hydrogens (tertiary/aromatic N) is 1. The molecule has 20 heavy (non-hydrogen) atoms. The number of benzene rings is 1. The summed E-state index contributed by atoms with van der Waals surface area (Å²) < 4.78 is 5.53. The topological polar surface area (TPSA) is 66.8 Å². The molecular weight excluding hydrogens is 258 g/mol. The highest BCUT2D eigenvalue weighted by Gasteiger charge is 2.30. The van der Waals surface area contributed by atoms with Crippen LogP contribution in [0.15, 0.2) is 35.9 Å². The molecule has 0 aliphatic carbocycles. The summed E-state index contributed by atoms with van der Waals surface area (Å²) in [6.07, 6.45) is 1.44. The van der Waals surface area contributed by atoms with Gasteiger partial charge < -0.3 is 14.7 Å². The van der Waals surface area contributed by atoms with Crippen LogP contribution in [0.5, 0.6) is 5.75 Å². The lowest BCUT2D eigenvalue weighted by Crippen LogP contribution is -2.44. The van der Waals surface area contributed by atoms with Crippen LogP contribution in [-0.4, -0.2) is 29.6 Å². The maximum atomic E-state index is 12.2. The molecule has 1 aliphatic rings. The van der Waals surface area contributed by atoms with Crippen molar-refractivity contribution in [1.82, 2.24) is 0 Å². The number of carboxylic acid groups (broad SMARTS) is 1. The van der Waals surface area contributed by atoms with E-state index in [0.717, 1.165) is 0 Å². The third-order valence-corrected chi connectivity index (χ3v) is 3.25. The van der Waals surface area contributed by atoms with Crippen LogP contribution >= 0.6 is 0 Å². The summed E-state index contributed by atoms with van der Waals surface area (Å²) in [4.78, 5) is 24.7. The first kappa shape index (κ1) is 14.1. The summed E-state index contributed by atoms with van der Waals surface area (Å²) >= 11 is 0. The molecule has 0 bridgehead atoms. The summed E-state index contributed by atoms with van der Waals surface area (Å²) in [5, 5.41) is 9.02. The zero-order chi connectivity index (χ0) is 14.7. The Hall–Kier alpha value is -2.30. The van der Waals surface area contributed by atoms with Gasteiger partial charge >= 0.3 is 5.97 Å². The number of hydrogen-bond donors (Lipinski definition) is 1. The molecule has 1 aromatic rings. The molecule has 1 aliphatic heterocycles. The van der Waals surface area contributed by atoms with Crippen LogP contribution in [0.4, 0.5) is 5.69 Å². The predicted octanol–water partition coefficient (Wildman–Crippen LogP) is 2.22. The number of rotatable bonds is 4. The number of ether oxygens (including phenoxy) is 1. The van der Waals surface area contributed by atoms with Crippen LogP contribution in [0.3, 0.4) is 0 Å². The third-order valence-electron chi connectivity index (χ3n) is 3.25. The second-order valence-electron chi connectivity index (χ2n) is 4.56. The van der Waals surface area contributed by atoms with E-state index in [2.05, 4.69) is 0 Å². The largest absolute Gasteiger partial charge is 0.479 e. The molecule has 0 saturated carbocycles. The molecule has 0 spiro atoms. The van der Waals surface area contributed by atoms with Crippen molar-refractivity contribution in [3.8, 4) is 5.75 Å². The van der Waals surface area contributed by atoms with E-state index in [9.17, 15) is 9.59 Å². The van der Waals surface area contributed by atoms with Crippen molar-refractivity contribution in [3.05, 3.63) is 35.9 Å². The zero-order valence-corrected chi connectivity index (χ0v) is 11.5. The Kier molecular flexibility index (Phi) is 4.08. The zero-order valence-electron chi connectivity index (χ0n) is 11.5. The van der Waals surface area contributed by atoms with Gasteiger partial charge in [0, 0.05) is 12.1 Å². The van der Waals surface area contributed by atoms with Crippen molar-refractivity contribution in [2.24, 2.45) is 0 Å². The molecule has 5 nitrogen and oxygen atoms in total. The van der Waals surface area contributed by atoms with E-state index in [1.165, 1.54) is 0 Å². The van der Waals surface area contributed by atoms with E-state index >= 15 is 0 Å². The maximum absolute atomic E-state index is 12.2. The van der Waals surface area contributed by atoms with Gasteiger partial charge in [-0.15, -0.1) is 0 Å². The van der Waals surface area contributed by atoms with Crippen molar-refractivity contribution in [2.45, 2.75) is 26.4 Å². The van der Waals surface area contributed by atoms with E-state index in [1.807, 2.05) is 12.1 Å². The van der Waals surface area contributed by atoms with Crippen LogP contribution < -0.4 is 9.64 Å². The van der Waals surface area contributed by atoms with Gasteiger partial charge in [0.05, 0.1) is 5.69 Å². The molecule has 5 heteroatoms. The number of aliphatic carboxylic acids is 1. The van der Waals surface area contributed by atoms with Crippen molar-refractivity contribution < 1.29 is 19.4 Å². The molecule has 1 amide bonds. The molecule has 2 rings (SSSR count). The van der Waals surface area contributed by atoms with Crippen LogP contribution in [0.1, 0.15) is 20.3 Å². The van der Waals surface area contributed by atoms with Crippen LogP contribution in [0.25, 0.3) is 0 Å². The van der Waals surface area contributed by atoms with Crippen molar-refractivity contribution >= 4 is 17.6 Å². The van der Waals surface area contributed by atoms with Gasteiger partial charge in [-0.1, -0.05) is 25.1 Å². The first-order valence-corrected chi connectivity index (χ1v) is 6.54. The number of fused-ring (bicyclic) bond motifs is 1. The molecule has 1 atom stereocenters. The van der Waals surface area contributed by atoms with Gasteiger partial charge in [-0.05, 0) is 25.5 Å². The van der Waals surface area contributed by atoms with Gasteiger partial charge in [-0.3, -0.25) is 4.79 Å². The highest BCUT2D eigenvalue weighted by atomic mass is 16.5. The summed E-state index contributed by atoms with van der Waals surface area (Å²) in [5.74, 6) is -0.475. The lowest BCUT2D eigenvalue weighted by molar-refractivity contribution is -0.132. The van der Waals surface area contributed by atoms with Crippen LogP contribution in [0.2, 0.25) is 0 Å². The van der Waals surface area contributed by atoms with Crippen molar-refractivity contribution in [1.29, 1.82) is 0 Å². The first-order valence-electron chi connectivity index (χ1n) is 6.54. The van der Waals surface area contributed by atoms with E-state index in [1.54, 1.807) is 37.0 Å². The highest BCUT2D eigenvalue weighted by Crippen LogP contribution is 2.33. The normalized spacial score (nSPS) is 18.5. The quantitative estimate of drug-likeness (QED) is 0.856. The summed E-state index contributed by atoms with van der Waals surface area (Å²) in [6, 6.07) is 7.25. The van der Waals surface area contributed by atoms with E-state index in [0.29, 0.717) is 23.4 Å². The van der Waals surface area contributed by atoms with Crippen LogP contribution in [0, 0.1) is 0 Å². The minimum Gasteiger partial charge on any atom is -0.479 e. The van der Waals surface area contributed by atoms with Gasteiger partial charge in [-0.2, -0.15) is 0 Å². The number of anilines is 1. The lowest BCUT2D eigenvalue weighted by atomic mass is 10.1. The second kappa shape index (κ2) is 5.77. The number of carbonyl (C=O) groups is 2. The van der Waals surface area contributed by atoms with E-state index in [4.69, 9.17) is 9.84 Å². The van der Waals surface area contributed by atoms with Crippen LogP contribution in [-0.2, 0) is 9.59 Å². The molecule has 1 unspecified atom stereocenters. The van der Waals surface area contributed by atoms with Gasteiger partial charge in [0.15, 0.2) is 6.10 Å². The third kappa shape index (κ3) is 2.66. The fourth-order valence-electron chi connectivity index (χ4n) is 2.13. The van der Waals surface area contributed by atoms with Crippen molar-refractivity contribution in [3.63, 3.8) is 0 Å². The Morgan fingerprint density at radius 1 is 1.45 bits per heavy atom. The Morgan fingerprint density at radius 3 is 2.80 bits per heavy atom. The molecule has 106 valence electrons. The minimum absolute atomic E-state index is 0.166. The fourth-order valence-corrected chi connectivity index (χ4v) is 2.13. The number of carbonyl (C=O) groups excluding carboxylic acids is 1. The molecule has 0 aromatic heterocycles. The summed E-state index contributed by atoms with van der Waals surface area (Å²) in [6.45, 7) is 3.70. The standard InChI is InChI=1S/C15H17NO4/c1-3-11(15(18)19)8-9-16-12-6-4-5-7-13(12)20-10(2)14(16)17/h4-8,10H,3,9H2,1-2H3,(H,18,19). The number of hydrogen-bond acceptors (Lipinski definition) is 3. The lowest BCUT2D eigenvalue weighted by Gasteiger charge is -2.32. The molecule has 0 radical (unpaired) electrons. The fraction of sp³-hybridized carbons (Fsp3) is 0.333. The average molecular weight is 275 g/mol. The molecular formula is C15H17NO4. The Morgan fingerprint density at radius 2 is 2.15 bits per heavy atom. The van der Waals surface area contributed by atoms with Gasteiger partial charge in [0.1, 0.15) is 5.75 Å². The first-order chi connectivity index (χ1) is 9.54. The molecule has 0 saturated heterocycles. The van der Waals surface area contributed by atoms with Crippen molar-refractivity contribution in [2.75, 3.05) is 11.4 Å². The Bertz CT molecular complexity index is 565. The summed E-state index contributed by atoms with van der Waals surface area (Å²) in [7, 11) is 0. The average Bonchev–Trinajstić information content (AvgIpc) is 2.43. The highest BCUT2D eigenvalue weighted by molar-refractivity contribution is 6.00. The Balaban J connectivity index is 2.30. The predicted molar refractivity (Wildman–Crippen MR) is 74.9 cm³/mol. The molecule has 1 aromatic carbocycles. The second-order valence-corrected chi connectivity index (χ2v) is 4.56. The Labute approximate surface area is 117 Å².